The van der Waals surface area contributed by atoms with Gasteiger partial charge in [-0.2, -0.15) is 0 Å². The van der Waals surface area contributed by atoms with Gasteiger partial charge in [0, 0.05) is 17.4 Å². The zero-order chi connectivity index (χ0) is 14.3. The van der Waals surface area contributed by atoms with E-state index in [1.165, 1.54) is 0 Å². The van der Waals surface area contributed by atoms with Crippen LogP contribution in [0, 0.1) is 0 Å². The fourth-order valence-corrected chi connectivity index (χ4v) is 1.71. The summed E-state index contributed by atoms with van der Waals surface area (Å²) in [5.41, 5.74) is 0.674. The zero-order valence-electron chi connectivity index (χ0n) is 10.0. The van der Waals surface area contributed by atoms with E-state index in [1.54, 1.807) is 24.3 Å². The molecule has 0 aliphatic carbocycles. The number of rotatable bonds is 6. The summed E-state index contributed by atoms with van der Waals surface area (Å²) in [5.74, 6) is -0.713. The van der Waals surface area contributed by atoms with Gasteiger partial charge in [-0.3, -0.25) is 4.79 Å². The van der Waals surface area contributed by atoms with Gasteiger partial charge in [-0.25, -0.2) is 4.79 Å². The van der Waals surface area contributed by atoms with Crippen molar-refractivity contribution < 1.29 is 14.7 Å². The van der Waals surface area contributed by atoms with Gasteiger partial charge in [0.25, 0.3) is 0 Å². The first-order chi connectivity index (χ1) is 9.02. The quantitative estimate of drug-likeness (QED) is 0.706. The SMILES string of the molecule is O=C(O)CC(NC(=O)NCCCl)c1ccc(Cl)cc1. The molecule has 104 valence electrons. The molecule has 0 aliphatic rings. The number of alkyl halides is 1. The van der Waals surface area contributed by atoms with Crippen molar-refractivity contribution in [2.45, 2.75) is 12.5 Å². The fourth-order valence-electron chi connectivity index (χ4n) is 1.49. The lowest BCUT2D eigenvalue weighted by atomic mass is 10.0. The molecule has 2 amide bonds. The second kappa shape index (κ2) is 7.86. The molecular weight excluding hydrogens is 291 g/mol. The minimum atomic E-state index is -1.00. The van der Waals surface area contributed by atoms with Crippen molar-refractivity contribution in [2.24, 2.45) is 0 Å². The zero-order valence-corrected chi connectivity index (χ0v) is 11.5. The molecule has 0 fully saturated rings. The minimum absolute atomic E-state index is 0.212. The van der Waals surface area contributed by atoms with Gasteiger partial charge < -0.3 is 15.7 Å². The molecule has 0 aliphatic heterocycles. The lowest BCUT2D eigenvalue weighted by molar-refractivity contribution is -0.137. The minimum Gasteiger partial charge on any atom is -0.481 e. The second-order valence-electron chi connectivity index (χ2n) is 3.79. The van der Waals surface area contributed by atoms with E-state index >= 15 is 0 Å². The van der Waals surface area contributed by atoms with Gasteiger partial charge in [0.2, 0.25) is 0 Å². The molecule has 1 aromatic carbocycles. The molecule has 19 heavy (non-hydrogen) atoms. The van der Waals surface area contributed by atoms with E-state index in [-0.39, 0.29) is 12.3 Å². The predicted octanol–water partition coefficient (Wildman–Crippen LogP) is 2.39. The van der Waals surface area contributed by atoms with Crippen LogP contribution in [0.2, 0.25) is 5.02 Å². The van der Waals surface area contributed by atoms with E-state index in [9.17, 15) is 9.59 Å². The first kappa shape index (κ1) is 15.6. The first-order valence-electron chi connectivity index (χ1n) is 5.60. The molecular formula is C12H14Cl2N2O3. The van der Waals surface area contributed by atoms with Crippen LogP contribution in [0.5, 0.6) is 0 Å². The molecule has 1 rings (SSSR count). The number of aliphatic carboxylic acids is 1. The van der Waals surface area contributed by atoms with Gasteiger partial charge in [-0.05, 0) is 17.7 Å². The normalized spacial score (nSPS) is 11.7. The van der Waals surface area contributed by atoms with Crippen LogP contribution in [0.3, 0.4) is 0 Å². The number of carbonyl (C=O) groups excluding carboxylic acids is 1. The third kappa shape index (κ3) is 5.81. The summed E-state index contributed by atoms with van der Waals surface area (Å²) in [4.78, 5) is 22.4. The molecule has 0 saturated heterocycles. The Morgan fingerprint density at radius 1 is 1.26 bits per heavy atom. The van der Waals surface area contributed by atoms with Gasteiger partial charge >= 0.3 is 12.0 Å². The summed E-state index contributed by atoms with van der Waals surface area (Å²) in [6.07, 6.45) is -0.212. The monoisotopic (exact) mass is 304 g/mol. The number of nitrogens with one attached hydrogen (secondary N) is 2. The average Bonchev–Trinajstić information content (AvgIpc) is 2.36. The number of benzene rings is 1. The number of amides is 2. The molecule has 5 nitrogen and oxygen atoms in total. The van der Waals surface area contributed by atoms with Crippen LogP contribution in [-0.2, 0) is 4.79 Å². The number of halogens is 2. The van der Waals surface area contributed by atoms with Crippen molar-refractivity contribution in [2.75, 3.05) is 12.4 Å². The van der Waals surface area contributed by atoms with Gasteiger partial charge in [0.05, 0.1) is 12.5 Å². The Morgan fingerprint density at radius 2 is 1.89 bits per heavy atom. The van der Waals surface area contributed by atoms with E-state index in [4.69, 9.17) is 28.3 Å². The Morgan fingerprint density at radius 3 is 2.42 bits per heavy atom. The van der Waals surface area contributed by atoms with Gasteiger partial charge in [0.1, 0.15) is 0 Å². The largest absolute Gasteiger partial charge is 0.481 e. The van der Waals surface area contributed by atoms with Gasteiger partial charge in [-0.15, -0.1) is 11.6 Å². The van der Waals surface area contributed by atoms with Crippen LogP contribution in [0.25, 0.3) is 0 Å². The topological polar surface area (TPSA) is 78.4 Å². The summed E-state index contributed by atoms with van der Waals surface area (Å²) in [7, 11) is 0. The maximum atomic E-state index is 11.5. The van der Waals surface area contributed by atoms with Crippen molar-refractivity contribution in [1.29, 1.82) is 0 Å². The Kier molecular flexibility index (Phi) is 6.45. The third-order valence-corrected chi connectivity index (χ3v) is 2.78. The summed E-state index contributed by atoms with van der Waals surface area (Å²) in [6, 6.07) is 5.57. The highest BCUT2D eigenvalue weighted by molar-refractivity contribution is 6.30. The second-order valence-corrected chi connectivity index (χ2v) is 4.61. The number of hydrogen-bond acceptors (Lipinski definition) is 2. The molecule has 0 saturated carbocycles. The van der Waals surface area contributed by atoms with Gasteiger partial charge in [0.15, 0.2) is 0 Å². The van der Waals surface area contributed by atoms with Crippen LogP contribution in [0.15, 0.2) is 24.3 Å². The standard InChI is InChI=1S/C12H14Cl2N2O3/c13-5-6-15-12(19)16-10(7-11(17)18)8-1-3-9(14)4-2-8/h1-4,10H,5-7H2,(H,17,18)(H2,15,16,19). The summed E-state index contributed by atoms with van der Waals surface area (Å²) in [6.45, 7) is 0.313. The van der Waals surface area contributed by atoms with Crippen LogP contribution in [0.1, 0.15) is 18.0 Å². The highest BCUT2D eigenvalue weighted by Gasteiger charge is 2.17. The smallest absolute Gasteiger partial charge is 0.315 e. The molecule has 1 atom stereocenters. The number of carbonyl (C=O) groups is 2. The van der Waals surface area contributed by atoms with E-state index in [2.05, 4.69) is 10.6 Å². The van der Waals surface area contributed by atoms with Crippen molar-refractivity contribution in [1.82, 2.24) is 10.6 Å². The molecule has 7 heteroatoms. The molecule has 0 spiro atoms. The number of carboxylic acids is 1. The van der Waals surface area contributed by atoms with Crippen LogP contribution in [-0.4, -0.2) is 29.5 Å². The lowest BCUT2D eigenvalue weighted by Crippen LogP contribution is -2.39. The third-order valence-electron chi connectivity index (χ3n) is 2.34. The predicted molar refractivity (Wildman–Crippen MR) is 73.7 cm³/mol. The van der Waals surface area contributed by atoms with E-state index in [0.29, 0.717) is 17.1 Å². The number of hydrogen-bond donors (Lipinski definition) is 3. The van der Waals surface area contributed by atoms with Gasteiger partial charge in [-0.1, -0.05) is 23.7 Å². The van der Waals surface area contributed by atoms with Crippen LogP contribution >= 0.6 is 23.2 Å². The fraction of sp³-hybridized carbons (Fsp3) is 0.333. The van der Waals surface area contributed by atoms with Crippen LogP contribution in [0.4, 0.5) is 4.79 Å². The molecule has 3 N–H and O–H groups in total. The number of carboxylic acid groups (broad SMARTS) is 1. The van der Waals surface area contributed by atoms with Crippen molar-refractivity contribution in [3.8, 4) is 0 Å². The van der Waals surface area contributed by atoms with E-state index < -0.39 is 18.0 Å². The lowest BCUT2D eigenvalue weighted by Gasteiger charge is -2.17. The highest BCUT2D eigenvalue weighted by Crippen LogP contribution is 2.19. The van der Waals surface area contributed by atoms with Crippen LogP contribution < -0.4 is 10.6 Å². The highest BCUT2D eigenvalue weighted by atomic mass is 35.5. The van der Waals surface area contributed by atoms with Crippen molar-refractivity contribution in [3.63, 3.8) is 0 Å². The molecule has 0 bridgehead atoms. The molecule has 1 unspecified atom stereocenters. The number of urea groups is 1. The van der Waals surface area contributed by atoms with Crippen molar-refractivity contribution in [3.05, 3.63) is 34.9 Å². The van der Waals surface area contributed by atoms with E-state index in [1.807, 2.05) is 0 Å². The summed E-state index contributed by atoms with van der Waals surface area (Å²) in [5, 5.41) is 14.5. The molecule has 0 aromatic heterocycles. The van der Waals surface area contributed by atoms with E-state index in [0.717, 1.165) is 0 Å². The Bertz CT molecular complexity index is 437. The molecule has 0 heterocycles. The van der Waals surface area contributed by atoms with Crippen molar-refractivity contribution >= 4 is 35.2 Å². The summed E-state index contributed by atoms with van der Waals surface area (Å²) < 4.78 is 0. The Hall–Kier alpha value is -1.46. The molecule has 1 aromatic rings. The Balaban J connectivity index is 2.74. The first-order valence-corrected chi connectivity index (χ1v) is 6.51. The maximum absolute atomic E-state index is 11.5. The maximum Gasteiger partial charge on any atom is 0.315 e. The summed E-state index contributed by atoms with van der Waals surface area (Å²) >= 11 is 11.2. The Labute approximate surface area is 120 Å². The molecule has 0 radical (unpaired) electrons. The average molecular weight is 305 g/mol.